The van der Waals surface area contributed by atoms with Crippen LogP contribution < -0.4 is 9.64 Å². The molecule has 0 saturated carbocycles. The average Bonchev–Trinajstić information content (AvgIpc) is 2.59. The maximum absolute atomic E-state index is 13.3. The van der Waals surface area contributed by atoms with Crippen LogP contribution in [0.5, 0.6) is 5.75 Å². The second-order valence-corrected chi connectivity index (χ2v) is 6.09. The Morgan fingerprint density at radius 3 is 2.60 bits per heavy atom. The lowest BCUT2D eigenvalue weighted by atomic mass is 10.1. The average molecular weight is 346 g/mol. The summed E-state index contributed by atoms with van der Waals surface area (Å²) in [5, 5.41) is 0. The van der Waals surface area contributed by atoms with Crippen LogP contribution in [0, 0.1) is 11.6 Å². The van der Waals surface area contributed by atoms with Gasteiger partial charge >= 0.3 is 0 Å². The van der Waals surface area contributed by atoms with Gasteiger partial charge in [-0.25, -0.2) is 8.78 Å². The lowest BCUT2D eigenvalue weighted by Gasteiger charge is -2.37. The number of amides is 1. The molecule has 25 heavy (non-hydrogen) atoms. The largest absolute Gasteiger partial charge is 0.485 e. The smallest absolute Gasteiger partial charge is 0.253 e. The van der Waals surface area contributed by atoms with Crippen molar-refractivity contribution < 1.29 is 18.3 Å². The fraction of sp³-hybridized carbons (Fsp3) is 0.316. The van der Waals surface area contributed by atoms with E-state index in [4.69, 9.17) is 4.74 Å². The molecule has 0 bridgehead atoms. The molecule has 0 fully saturated rings. The summed E-state index contributed by atoms with van der Waals surface area (Å²) in [5.41, 5.74) is 1.02. The van der Waals surface area contributed by atoms with Crippen LogP contribution >= 0.6 is 0 Å². The van der Waals surface area contributed by atoms with Crippen LogP contribution in [-0.2, 0) is 0 Å². The number of rotatable bonds is 4. The maximum Gasteiger partial charge on any atom is 0.253 e. The van der Waals surface area contributed by atoms with Gasteiger partial charge in [0.05, 0.1) is 18.8 Å². The Balaban J connectivity index is 1.73. The molecule has 0 aliphatic carbocycles. The number of ether oxygens (including phenoxy) is 1. The summed E-state index contributed by atoms with van der Waals surface area (Å²) < 4.78 is 32.6. The minimum absolute atomic E-state index is 0.0106. The summed E-state index contributed by atoms with van der Waals surface area (Å²) in [6.07, 6.45) is -0.220. The lowest BCUT2D eigenvalue weighted by molar-refractivity contribution is 0.0708. The minimum atomic E-state index is -0.767. The van der Waals surface area contributed by atoms with Gasteiger partial charge in [0.15, 0.2) is 0 Å². The number of halogens is 2. The Morgan fingerprint density at radius 2 is 1.92 bits per heavy atom. The number of carbonyl (C=O) groups is 1. The fourth-order valence-corrected chi connectivity index (χ4v) is 3.06. The SMILES string of the molecule is CCN1CC(CN(C)C(=O)c2cc(F)cc(F)c2)Oc2ccccc21. The second kappa shape index (κ2) is 7.09. The summed E-state index contributed by atoms with van der Waals surface area (Å²) in [5.74, 6) is -1.20. The van der Waals surface area contributed by atoms with Gasteiger partial charge in [0.2, 0.25) is 0 Å². The second-order valence-electron chi connectivity index (χ2n) is 6.09. The first-order valence-electron chi connectivity index (χ1n) is 8.20. The van der Waals surface area contributed by atoms with E-state index in [0.717, 1.165) is 36.2 Å². The number of hydrogen-bond acceptors (Lipinski definition) is 3. The molecule has 1 unspecified atom stereocenters. The number of nitrogens with zero attached hydrogens (tertiary/aromatic N) is 2. The standard InChI is InChI=1S/C19H20F2N2O2/c1-3-23-12-16(25-18-7-5-4-6-17(18)23)11-22(2)19(24)13-8-14(20)10-15(21)9-13/h4-10,16H,3,11-12H2,1-2H3. The molecular weight excluding hydrogens is 326 g/mol. The molecule has 0 radical (unpaired) electrons. The van der Waals surface area contributed by atoms with Crippen molar-refractivity contribution in [2.45, 2.75) is 13.0 Å². The maximum atomic E-state index is 13.3. The molecule has 0 aromatic heterocycles. The van der Waals surface area contributed by atoms with Crippen LogP contribution in [0.3, 0.4) is 0 Å². The van der Waals surface area contributed by atoms with Crippen LogP contribution in [0.1, 0.15) is 17.3 Å². The molecular formula is C19H20F2N2O2. The topological polar surface area (TPSA) is 32.8 Å². The zero-order valence-electron chi connectivity index (χ0n) is 14.2. The predicted octanol–water partition coefficient (Wildman–Crippen LogP) is 3.32. The van der Waals surface area contributed by atoms with Crippen LogP contribution in [0.4, 0.5) is 14.5 Å². The van der Waals surface area contributed by atoms with Gasteiger partial charge in [-0.1, -0.05) is 12.1 Å². The fourth-order valence-electron chi connectivity index (χ4n) is 3.06. The molecule has 1 amide bonds. The molecule has 2 aromatic carbocycles. The first-order chi connectivity index (χ1) is 12.0. The van der Waals surface area contributed by atoms with Gasteiger partial charge in [0.1, 0.15) is 23.5 Å². The molecule has 1 atom stereocenters. The van der Waals surface area contributed by atoms with E-state index < -0.39 is 17.5 Å². The van der Waals surface area contributed by atoms with Gasteiger partial charge in [-0.05, 0) is 31.2 Å². The number of fused-ring (bicyclic) bond motifs is 1. The van der Waals surface area contributed by atoms with Gasteiger partial charge in [0.25, 0.3) is 5.91 Å². The van der Waals surface area contributed by atoms with Crippen LogP contribution in [-0.4, -0.2) is 43.6 Å². The number of para-hydroxylation sites is 2. The highest BCUT2D eigenvalue weighted by molar-refractivity contribution is 5.94. The molecule has 132 valence electrons. The first kappa shape index (κ1) is 17.2. The molecule has 3 rings (SSSR count). The summed E-state index contributed by atoms with van der Waals surface area (Å²) in [7, 11) is 1.60. The van der Waals surface area contributed by atoms with Gasteiger partial charge < -0.3 is 14.5 Å². The third kappa shape index (κ3) is 3.73. The quantitative estimate of drug-likeness (QED) is 0.851. The molecule has 1 aliphatic rings. The van der Waals surface area contributed by atoms with Crippen LogP contribution in [0.15, 0.2) is 42.5 Å². The van der Waals surface area contributed by atoms with Crippen molar-refractivity contribution in [2.75, 3.05) is 31.6 Å². The van der Waals surface area contributed by atoms with E-state index in [1.807, 2.05) is 24.3 Å². The Kier molecular flexibility index (Phi) is 4.88. The normalized spacial score (nSPS) is 16.2. The highest BCUT2D eigenvalue weighted by Crippen LogP contribution is 2.32. The zero-order valence-corrected chi connectivity index (χ0v) is 14.2. The van der Waals surface area contributed by atoms with Crippen molar-refractivity contribution in [3.05, 3.63) is 59.7 Å². The van der Waals surface area contributed by atoms with Gasteiger partial charge in [-0.2, -0.15) is 0 Å². The van der Waals surface area contributed by atoms with E-state index in [1.165, 1.54) is 4.90 Å². The van der Waals surface area contributed by atoms with Crippen molar-refractivity contribution in [3.63, 3.8) is 0 Å². The van der Waals surface area contributed by atoms with E-state index in [0.29, 0.717) is 13.1 Å². The number of carbonyl (C=O) groups excluding carboxylic acids is 1. The van der Waals surface area contributed by atoms with Crippen molar-refractivity contribution in [2.24, 2.45) is 0 Å². The third-order valence-electron chi connectivity index (χ3n) is 4.24. The lowest BCUT2D eigenvalue weighted by Crippen LogP contribution is -2.46. The van der Waals surface area contributed by atoms with E-state index in [2.05, 4.69) is 11.8 Å². The third-order valence-corrected chi connectivity index (χ3v) is 4.24. The summed E-state index contributed by atoms with van der Waals surface area (Å²) in [6.45, 7) is 3.84. The molecule has 0 spiro atoms. The molecule has 0 saturated heterocycles. The Labute approximate surface area is 145 Å². The van der Waals surface area contributed by atoms with Crippen LogP contribution in [0.25, 0.3) is 0 Å². The number of benzene rings is 2. The number of hydrogen-bond donors (Lipinski definition) is 0. The van der Waals surface area contributed by atoms with Crippen LogP contribution in [0.2, 0.25) is 0 Å². The Hall–Kier alpha value is -2.63. The molecule has 4 nitrogen and oxygen atoms in total. The van der Waals surface area contributed by atoms with Crippen molar-refractivity contribution in [1.82, 2.24) is 4.90 Å². The minimum Gasteiger partial charge on any atom is -0.485 e. The molecule has 1 aliphatic heterocycles. The monoisotopic (exact) mass is 346 g/mol. The van der Waals surface area contributed by atoms with Crippen molar-refractivity contribution in [1.29, 1.82) is 0 Å². The number of likely N-dealkylation sites (N-methyl/N-ethyl adjacent to an activating group) is 2. The van der Waals surface area contributed by atoms with Crippen molar-refractivity contribution in [3.8, 4) is 5.75 Å². The summed E-state index contributed by atoms with van der Waals surface area (Å²) in [4.78, 5) is 16.1. The van der Waals surface area contributed by atoms with E-state index >= 15 is 0 Å². The van der Waals surface area contributed by atoms with Gasteiger partial charge in [-0.3, -0.25) is 4.79 Å². The number of anilines is 1. The highest BCUT2D eigenvalue weighted by atomic mass is 19.1. The Morgan fingerprint density at radius 1 is 1.24 bits per heavy atom. The Bertz CT molecular complexity index is 762. The highest BCUT2D eigenvalue weighted by Gasteiger charge is 2.27. The van der Waals surface area contributed by atoms with Gasteiger partial charge in [0, 0.05) is 25.2 Å². The molecule has 1 heterocycles. The first-order valence-corrected chi connectivity index (χ1v) is 8.20. The predicted molar refractivity (Wildman–Crippen MR) is 92.1 cm³/mol. The zero-order chi connectivity index (χ0) is 18.0. The van der Waals surface area contributed by atoms with E-state index in [1.54, 1.807) is 7.05 Å². The van der Waals surface area contributed by atoms with Gasteiger partial charge in [-0.15, -0.1) is 0 Å². The van der Waals surface area contributed by atoms with Crippen molar-refractivity contribution >= 4 is 11.6 Å². The molecule has 0 N–H and O–H groups in total. The molecule has 2 aromatic rings. The summed E-state index contributed by atoms with van der Waals surface area (Å²) in [6, 6.07) is 10.6. The molecule has 6 heteroatoms. The van der Waals surface area contributed by atoms with E-state index in [9.17, 15) is 13.6 Å². The summed E-state index contributed by atoms with van der Waals surface area (Å²) >= 11 is 0. The van der Waals surface area contributed by atoms with E-state index in [-0.39, 0.29) is 11.7 Å².